The monoisotopic (exact) mass is 280 g/mol. The van der Waals surface area contributed by atoms with Crippen LogP contribution in [0.5, 0.6) is 0 Å². The van der Waals surface area contributed by atoms with Gasteiger partial charge in [0.15, 0.2) is 0 Å². The lowest BCUT2D eigenvalue weighted by Gasteiger charge is -2.34. The van der Waals surface area contributed by atoms with Crippen LogP contribution in [0.2, 0.25) is 0 Å². The third-order valence-corrected chi connectivity index (χ3v) is 3.93. The van der Waals surface area contributed by atoms with Crippen LogP contribution >= 0.6 is 0 Å². The normalized spacial score (nSPS) is 26.5. The van der Waals surface area contributed by atoms with Crippen molar-refractivity contribution in [2.75, 3.05) is 13.6 Å². The van der Waals surface area contributed by atoms with Crippen LogP contribution in [0.15, 0.2) is 0 Å². The number of alkyl halides is 3. The van der Waals surface area contributed by atoms with Gasteiger partial charge in [0, 0.05) is 25.7 Å². The van der Waals surface area contributed by atoms with Crippen LogP contribution in [0, 0.1) is 0 Å². The maximum atomic E-state index is 12.2. The molecule has 3 atom stereocenters. The first-order valence-electron chi connectivity index (χ1n) is 6.72. The molecule has 19 heavy (non-hydrogen) atoms. The Morgan fingerprint density at radius 1 is 1.32 bits per heavy atom. The van der Waals surface area contributed by atoms with Crippen molar-refractivity contribution >= 4 is 5.91 Å². The largest absolute Gasteiger partial charge is 0.390 e. The quantitative estimate of drug-likeness (QED) is 0.790. The topological polar surface area (TPSA) is 23.6 Å². The SMILES string of the molecule is C[C@@H]1CC[C@@H](C)N1[C@@H](C)C(=O)N(C)CCC(F)(F)F. The average molecular weight is 280 g/mol. The first-order chi connectivity index (χ1) is 8.63. The van der Waals surface area contributed by atoms with Crippen molar-refractivity contribution in [2.45, 2.75) is 64.3 Å². The predicted molar refractivity (Wildman–Crippen MR) is 67.8 cm³/mol. The molecule has 0 saturated carbocycles. The molecule has 0 spiro atoms. The van der Waals surface area contributed by atoms with Gasteiger partial charge in [-0.2, -0.15) is 13.2 Å². The molecule has 0 bridgehead atoms. The van der Waals surface area contributed by atoms with Gasteiger partial charge in [-0.1, -0.05) is 0 Å². The number of likely N-dealkylation sites (tertiary alicyclic amines) is 1. The Balaban J connectivity index is 2.56. The molecule has 1 heterocycles. The minimum Gasteiger partial charge on any atom is -0.344 e. The van der Waals surface area contributed by atoms with E-state index in [2.05, 4.69) is 18.7 Å². The van der Waals surface area contributed by atoms with E-state index in [1.807, 2.05) is 0 Å². The number of hydrogen-bond acceptors (Lipinski definition) is 2. The first kappa shape index (κ1) is 16.3. The molecular weight excluding hydrogens is 257 g/mol. The van der Waals surface area contributed by atoms with Crippen molar-refractivity contribution in [3.05, 3.63) is 0 Å². The first-order valence-corrected chi connectivity index (χ1v) is 6.72. The van der Waals surface area contributed by atoms with E-state index in [9.17, 15) is 18.0 Å². The van der Waals surface area contributed by atoms with Crippen LogP contribution in [0.25, 0.3) is 0 Å². The molecule has 0 N–H and O–H groups in total. The summed E-state index contributed by atoms with van der Waals surface area (Å²) in [5.41, 5.74) is 0. The zero-order valence-corrected chi connectivity index (χ0v) is 12.0. The highest BCUT2D eigenvalue weighted by molar-refractivity contribution is 5.81. The molecule has 1 amide bonds. The van der Waals surface area contributed by atoms with Gasteiger partial charge in [-0.25, -0.2) is 0 Å². The summed E-state index contributed by atoms with van der Waals surface area (Å²) in [6.45, 7) is 5.63. The fraction of sp³-hybridized carbons (Fsp3) is 0.923. The smallest absolute Gasteiger partial charge is 0.344 e. The van der Waals surface area contributed by atoms with E-state index in [-0.39, 0.29) is 18.5 Å². The van der Waals surface area contributed by atoms with E-state index in [0.29, 0.717) is 12.1 Å². The molecule has 3 nitrogen and oxygen atoms in total. The van der Waals surface area contributed by atoms with Crippen molar-refractivity contribution in [3.63, 3.8) is 0 Å². The lowest BCUT2D eigenvalue weighted by atomic mass is 10.2. The summed E-state index contributed by atoms with van der Waals surface area (Å²) in [6.07, 6.45) is -3.10. The van der Waals surface area contributed by atoms with Gasteiger partial charge in [-0.05, 0) is 33.6 Å². The standard InChI is InChI=1S/C13H23F3N2O/c1-9-5-6-10(2)18(9)11(3)12(19)17(4)8-7-13(14,15)16/h9-11H,5-8H2,1-4H3/t9-,10-,11+/m1/s1. The van der Waals surface area contributed by atoms with E-state index < -0.39 is 12.6 Å². The summed E-state index contributed by atoms with van der Waals surface area (Å²) in [7, 11) is 1.44. The molecule has 1 aliphatic rings. The summed E-state index contributed by atoms with van der Waals surface area (Å²) in [4.78, 5) is 15.4. The highest BCUT2D eigenvalue weighted by atomic mass is 19.4. The number of carbonyl (C=O) groups excluding carboxylic acids is 1. The molecule has 6 heteroatoms. The predicted octanol–water partition coefficient (Wildman–Crippen LogP) is 2.66. The lowest BCUT2D eigenvalue weighted by Crippen LogP contribution is -2.50. The summed E-state index contributed by atoms with van der Waals surface area (Å²) in [5, 5.41) is 0. The number of carbonyl (C=O) groups is 1. The van der Waals surface area contributed by atoms with Crippen molar-refractivity contribution in [3.8, 4) is 0 Å². The van der Waals surface area contributed by atoms with Gasteiger partial charge in [0.25, 0.3) is 0 Å². The van der Waals surface area contributed by atoms with Crippen LogP contribution < -0.4 is 0 Å². The zero-order valence-electron chi connectivity index (χ0n) is 12.0. The van der Waals surface area contributed by atoms with Gasteiger partial charge in [0.2, 0.25) is 5.91 Å². The minimum atomic E-state index is -4.22. The van der Waals surface area contributed by atoms with Crippen LogP contribution in [-0.2, 0) is 4.79 Å². The van der Waals surface area contributed by atoms with Gasteiger partial charge < -0.3 is 4.90 Å². The molecule has 0 unspecified atom stereocenters. The second-order valence-electron chi connectivity index (χ2n) is 5.52. The fourth-order valence-electron chi connectivity index (χ4n) is 2.83. The van der Waals surface area contributed by atoms with Gasteiger partial charge in [0.05, 0.1) is 12.5 Å². The Morgan fingerprint density at radius 3 is 2.21 bits per heavy atom. The third-order valence-electron chi connectivity index (χ3n) is 3.93. The van der Waals surface area contributed by atoms with Crippen LogP contribution in [-0.4, -0.2) is 53.6 Å². The van der Waals surface area contributed by atoms with Crippen LogP contribution in [0.3, 0.4) is 0 Å². The molecule has 1 rings (SSSR count). The Kier molecular flexibility index (Phi) is 5.24. The number of likely N-dealkylation sites (N-methyl/N-ethyl adjacent to an activating group) is 1. The summed E-state index contributed by atoms with van der Waals surface area (Å²) < 4.78 is 36.5. The fourth-order valence-corrected chi connectivity index (χ4v) is 2.83. The summed E-state index contributed by atoms with van der Waals surface area (Å²) in [6, 6.07) is 0.265. The maximum absolute atomic E-state index is 12.2. The number of nitrogens with zero attached hydrogens (tertiary/aromatic N) is 2. The third kappa shape index (κ3) is 4.37. The van der Waals surface area contributed by atoms with Crippen molar-refractivity contribution in [2.24, 2.45) is 0 Å². The molecule has 1 saturated heterocycles. The molecule has 0 aromatic rings. The van der Waals surface area contributed by atoms with E-state index in [4.69, 9.17) is 0 Å². The molecule has 0 aromatic carbocycles. The second kappa shape index (κ2) is 6.11. The number of rotatable bonds is 4. The minimum absolute atomic E-state index is 0.232. The Bertz CT molecular complexity index is 310. The second-order valence-corrected chi connectivity index (χ2v) is 5.52. The maximum Gasteiger partial charge on any atom is 0.390 e. The average Bonchev–Trinajstić information content (AvgIpc) is 2.63. The summed E-state index contributed by atoms with van der Waals surface area (Å²) >= 11 is 0. The Labute approximate surface area is 112 Å². The Hall–Kier alpha value is -0.780. The number of hydrogen-bond donors (Lipinski definition) is 0. The highest BCUT2D eigenvalue weighted by Gasteiger charge is 2.36. The Morgan fingerprint density at radius 2 is 1.79 bits per heavy atom. The number of amides is 1. The van der Waals surface area contributed by atoms with Crippen molar-refractivity contribution < 1.29 is 18.0 Å². The van der Waals surface area contributed by atoms with E-state index >= 15 is 0 Å². The molecule has 0 aliphatic carbocycles. The van der Waals surface area contributed by atoms with Crippen LogP contribution in [0.4, 0.5) is 13.2 Å². The number of halogens is 3. The molecule has 0 aromatic heterocycles. The molecule has 112 valence electrons. The molecule has 1 aliphatic heterocycles. The molecular formula is C13H23F3N2O. The van der Waals surface area contributed by atoms with Gasteiger partial charge in [-0.3, -0.25) is 9.69 Å². The van der Waals surface area contributed by atoms with E-state index in [0.717, 1.165) is 12.8 Å². The van der Waals surface area contributed by atoms with Gasteiger partial charge in [0.1, 0.15) is 0 Å². The highest BCUT2D eigenvalue weighted by Crippen LogP contribution is 2.27. The van der Waals surface area contributed by atoms with Gasteiger partial charge >= 0.3 is 6.18 Å². The lowest BCUT2D eigenvalue weighted by molar-refractivity contribution is -0.147. The van der Waals surface area contributed by atoms with Crippen LogP contribution in [0.1, 0.15) is 40.0 Å². The zero-order chi connectivity index (χ0) is 14.8. The molecule has 1 fully saturated rings. The van der Waals surface area contributed by atoms with Crippen molar-refractivity contribution in [1.29, 1.82) is 0 Å². The molecule has 0 radical (unpaired) electrons. The summed E-state index contributed by atoms with van der Waals surface area (Å²) in [5.74, 6) is -0.232. The van der Waals surface area contributed by atoms with Crippen molar-refractivity contribution in [1.82, 2.24) is 9.80 Å². The van der Waals surface area contributed by atoms with E-state index in [1.165, 1.54) is 11.9 Å². The van der Waals surface area contributed by atoms with E-state index in [1.54, 1.807) is 6.92 Å². The van der Waals surface area contributed by atoms with Gasteiger partial charge in [-0.15, -0.1) is 0 Å².